The lowest BCUT2D eigenvalue weighted by atomic mass is 10.2. The van der Waals surface area contributed by atoms with Crippen molar-refractivity contribution < 1.29 is 19.1 Å². The molecule has 0 atom stereocenters. The second kappa shape index (κ2) is 6.31. The van der Waals surface area contributed by atoms with Crippen molar-refractivity contribution in [2.45, 2.75) is 32.9 Å². The van der Waals surface area contributed by atoms with E-state index in [0.29, 0.717) is 11.6 Å². The third kappa shape index (κ3) is 4.17. The van der Waals surface area contributed by atoms with E-state index in [1.165, 1.54) is 18.4 Å². The van der Waals surface area contributed by atoms with E-state index in [0.717, 1.165) is 15.8 Å². The lowest BCUT2D eigenvalue weighted by Crippen LogP contribution is -2.32. The monoisotopic (exact) mass is 322 g/mol. The lowest BCUT2D eigenvalue weighted by Gasteiger charge is -2.19. The van der Waals surface area contributed by atoms with Gasteiger partial charge in [0.05, 0.1) is 17.3 Å². The van der Waals surface area contributed by atoms with Crippen molar-refractivity contribution in [1.29, 1.82) is 0 Å². The summed E-state index contributed by atoms with van der Waals surface area (Å²) in [6.45, 7) is 5.77. The maximum Gasteiger partial charge on any atom is 0.407 e. The number of hydrogen-bond acceptors (Lipinski definition) is 6. The smallest absolute Gasteiger partial charge is 0.407 e. The van der Waals surface area contributed by atoms with Crippen LogP contribution in [0.25, 0.3) is 10.2 Å². The van der Waals surface area contributed by atoms with Crippen molar-refractivity contribution in [2.75, 3.05) is 7.11 Å². The molecule has 0 aliphatic rings. The maximum atomic E-state index is 11.6. The number of carbonyl (C=O) groups is 2. The fraction of sp³-hybridized carbons (Fsp3) is 0.400. The van der Waals surface area contributed by atoms with Crippen LogP contribution in [-0.2, 0) is 16.0 Å². The Morgan fingerprint density at radius 3 is 2.68 bits per heavy atom. The van der Waals surface area contributed by atoms with E-state index in [1.807, 2.05) is 39.0 Å². The maximum absolute atomic E-state index is 11.6. The molecule has 0 aliphatic carbocycles. The van der Waals surface area contributed by atoms with Gasteiger partial charge in [-0.1, -0.05) is 6.07 Å². The minimum Gasteiger partial charge on any atom is -0.464 e. The summed E-state index contributed by atoms with van der Waals surface area (Å²) >= 11 is 1.26. The molecule has 0 saturated heterocycles. The van der Waals surface area contributed by atoms with Gasteiger partial charge in [0.15, 0.2) is 0 Å². The number of fused-ring (bicyclic) bond motifs is 1. The summed E-state index contributed by atoms with van der Waals surface area (Å²) in [5, 5.41) is 3.01. The van der Waals surface area contributed by atoms with Gasteiger partial charge in [-0.25, -0.2) is 14.6 Å². The standard InChI is InChI=1S/C15H18N2O4S/c1-15(2,3)21-14(19)16-8-9-5-6-10-11(7-9)22-12(17-10)13(18)20-4/h5-7H,8H2,1-4H3,(H,16,19). The molecule has 118 valence electrons. The molecule has 0 aliphatic heterocycles. The minimum absolute atomic E-state index is 0.315. The number of nitrogens with zero attached hydrogens (tertiary/aromatic N) is 1. The number of alkyl carbamates (subject to hydrolysis) is 1. The highest BCUT2D eigenvalue weighted by Gasteiger charge is 2.16. The Balaban J connectivity index is 2.06. The van der Waals surface area contributed by atoms with E-state index in [-0.39, 0.29) is 0 Å². The van der Waals surface area contributed by atoms with Gasteiger partial charge in [-0.05, 0) is 38.5 Å². The number of benzene rings is 1. The molecule has 2 aromatic rings. The van der Waals surface area contributed by atoms with Crippen molar-refractivity contribution in [3.05, 3.63) is 28.8 Å². The van der Waals surface area contributed by atoms with Gasteiger partial charge in [0.2, 0.25) is 5.01 Å². The first kappa shape index (κ1) is 16.2. The summed E-state index contributed by atoms with van der Waals surface area (Å²) in [7, 11) is 1.32. The first-order valence-corrected chi connectivity index (χ1v) is 7.55. The largest absolute Gasteiger partial charge is 0.464 e. The molecule has 0 unspecified atom stereocenters. The predicted octanol–water partition coefficient (Wildman–Crippen LogP) is 3.11. The highest BCUT2D eigenvalue weighted by Crippen LogP contribution is 2.23. The van der Waals surface area contributed by atoms with Crippen LogP contribution in [0.15, 0.2) is 18.2 Å². The quantitative estimate of drug-likeness (QED) is 0.879. The van der Waals surface area contributed by atoms with Crippen molar-refractivity contribution >= 4 is 33.6 Å². The predicted molar refractivity (Wildman–Crippen MR) is 84.0 cm³/mol. The second-order valence-corrected chi connectivity index (χ2v) is 6.70. The van der Waals surface area contributed by atoms with E-state index in [2.05, 4.69) is 15.0 Å². The van der Waals surface area contributed by atoms with E-state index in [1.54, 1.807) is 0 Å². The summed E-state index contributed by atoms with van der Waals surface area (Å²) in [6, 6.07) is 5.54. The molecule has 1 N–H and O–H groups in total. The highest BCUT2D eigenvalue weighted by molar-refractivity contribution is 7.20. The summed E-state index contributed by atoms with van der Waals surface area (Å²) in [5.74, 6) is -0.449. The number of aromatic nitrogens is 1. The normalized spacial score (nSPS) is 11.3. The first-order valence-electron chi connectivity index (χ1n) is 6.73. The SMILES string of the molecule is COC(=O)c1nc2ccc(CNC(=O)OC(C)(C)C)cc2s1. The van der Waals surface area contributed by atoms with Crippen molar-refractivity contribution in [2.24, 2.45) is 0 Å². The van der Waals surface area contributed by atoms with Crippen LogP contribution in [0.4, 0.5) is 4.79 Å². The molecule has 7 heteroatoms. The number of amides is 1. The molecule has 0 spiro atoms. The fourth-order valence-electron chi connectivity index (χ4n) is 1.74. The highest BCUT2D eigenvalue weighted by atomic mass is 32.1. The Morgan fingerprint density at radius 2 is 2.05 bits per heavy atom. The lowest BCUT2D eigenvalue weighted by molar-refractivity contribution is 0.0522. The van der Waals surface area contributed by atoms with Gasteiger partial charge >= 0.3 is 12.1 Å². The Morgan fingerprint density at radius 1 is 1.32 bits per heavy atom. The summed E-state index contributed by atoms with van der Waals surface area (Å²) in [5.41, 5.74) is 1.10. The van der Waals surface area contributed by atoms with E-state index >= 15 is 0 Å². The number of ether oxygens (including phenoxy) is 2. The molecule has 0 bridgehead atoms. The molecule has 0 saturated carbocycles. The molecule has 22 heavy (non-hydrogen) atoms. The van der Waals surface area contributed by atoms with Gasteiger partial charge < -0.3 is 14.8 Å². The molecule has 1 heterocycles. The molecule has 1 amide bonds. The zero-order valence-electron chi connectivity index (χ0n) is 12.9. The number of methoxy groups -OCH3 is 1. The van der Waals surface area contributed by atoms with E-state index in [4.69, 9.17) is 4.74 Å². The molecule has 0 fully saturated rings. The Labute approximate surface area is 132 Å². The topological polar surface area (TPSA) is 77.5 Å². The molecular weight excluding hydrogens is 304 g/mol. The van der Waals surface area contributed by atoms with Gasteiger partial charge in [0.25, 0.3) is 0 Å². The molecule has 2 rings (SSSR count). The van der Waals surface area contributed by atoms with Crippen LogP contribution >= 0.6 is 11.3 Å². The van der Waals surface area contributed by atoms with Gasteiger partial charge in [0.1, 0.15) is 5.60 Å². The number of carbonyl (C=O) groups excluding carboxylic acids is 2. The van der Waals surface area contributed by atoms with Crippen LogP contribution in [0.2, 0.25) is 0 Å². The molecule has 1 aromatic carbocycles. The van der Waals surface area contributed by atoms with Gasteiger partial charge in [-0.3, -0.25) is 0 Å². The number of hydrogen-bond donors (Lipinski definition) is 1. The molecule has 6 nitrogen and oxygen atoms in total. The van der Waals surface area contributed by atoms with Crippen molar-refractivity contribution in [3.8, 4) is 0 Å². The van der Waals surface area contributed by atoms with E-state index in [9.17, 15) is 9.59 Å². The van der Waals surface area contributed by atoms with Crippen LogP contribution in [0, 0.1) is 0 Å². The zero-order chi connectivity index (χ0) is 16.3. The van der Waals surface area contributed by atoms with Gasteiger partial charge in [-0.15, -0.1) is 11.3 Å². The van der Waals surface area contributed by atoms with Crippen molar-refractivity contribution in [3.63, 3.8) is 0 Å². The number of esters is 1. The first-order chi connectivity index (χ1) is 10.3. The van der Waals surface area contributed by atoms with Gasteiger partial charge in [0, 0.05) is 6.54 Å². The fourth-order valence-corrected chi connectivity index (χ4v) is 2.69. The van der Waals surface area contributed by atoms with Crippen LogP contribution < -0.4 is 5.32 Å². The third-order valence-corrected chi connectivity index (χ3v) is 3.65. The average molecular weight is 322 g/mol. The summed E-state index contributed by atoms with van der Waals surface area (Å²) in [4.78, 5) is 27.3. The Hall–Kier alpha value is -2.15. The third-order valence-electron chi connectivity index (χ3n) is 2.65. The number of thiazole rings is 1. The van der Waals surface area contributed by atoms with Crippen LogP contribution in [0.1, 0.15) is 36.1 Å². The van der Waals surface area contributed by atoms with Crippen LogP contribution in [-0.4, -0.2) is 29.8 Å². The summed E-state index contributed by atoms with van der Waals surface area (Å²) in [6.07, 6.45) is -0.466. The Bertz CT molecular complexity index is 703. The van der Waals surface area contributed by atoms with Crippen LogP contribution in [0.5, 0.6) is 0 Å². The van der Waals surface area contributed by atoms with E-state index < -0.39 is 17.7 Å². The van der Waals surface area contributed by atoms with Crippen LogP contribution in [0.3, 0.4) is 0 Å². The minimum atomic E-state index is -0.527. The molecule has 0 radical (unpaired) electrons. The Kier molecular flexibility index (Phi) is 4.65. The molecule has 1 aromatic heterocycles. The summed E-state index contributed by atoms with van der Waals surface area (Å²) < 4.78 is 10.7. The zero-order valence-corrected chi connectivity index (χ0v) is 13.7. The number of nitrogens with one attached hydrogen (secondary N) is 1. The average Bonchev–Trinajstić information content (AvgIpc) is 2.85. The molecular formula is C15H18N2O4S. The second-order valence-electron chi connectivity index (χ2n) is 5.67. The number of rotatable bonds is 3. The van der Waals surface area contributed by atoms with Crippen molar-refractivity contribution in [1.82, 2.24) is 10.3 Å². The van der Waals surface area contributed by atoms with Gasteiger partial charge in [-0.2, -0.15) is 0 Å².